The van der Waals surface area contributed by atoms with E-state index in [4.69, 9.17) is 5.73 Å². The molecule has 0 aromatic rings. The normalized spacial score (nSPS) is 12.8. The molecule has 0 aromatic heterocycles. The largest absolute Gasteiger partial charge is 0.414 e. The third kappa shape index (κ3) is 6.35. The van der Waals surface area contributed by atoms with Gasteiger partial charge in [0.1, 0.15) is 0 Å². The van der Waals surface area contributed by atoms with Gasteiger partial charge in [0.25, 0.3) is 5.91 Å². The first-order chi connectivity index (χ1) is 5.63. The lowest BCUT2D eigenvalue weighted by molar-refractivity contribution is -0.192. The summed E-state index contributed by atoms with van der Waals surface area (Å²) in [6, 6.07) is 0. The van der Waals surface area contributed by atoms with Crippen molar-refractivity contribution in [2.24, 2.45) is 5.73 Å². The first-order valence-corrected chi connectivity index (χ1v) is 3.41. The molecular weight excluding hydrogens is 189 g/mol. The second-order valence-corrected chi connectivity index (χ2v) is 3.06. The maximum Gasteiger partial charge on any atom is 0.414 e. The summed E-state index contributed by atoms with van der Waals surface area (Å²) >= 11 is 0. The third-order valence-corrected chi connectivity index (χ3v) is 0.986. The lowest BCUT2D eigenvalue weighted by atomic mass is 10.1. The average Bonchev–Trinajstić information content (AvgIpc) is 1.82. The topological polar surface area (TPSA) is 64.4 Å². The van der Waals surface area contributed by atoms with Crippen molar-refractivity contribution in [3.05, 3.63) is 0 Å². The van der Waals surface area contributed by atoms with E-state index in [1.165, 1.54) is 13.8 Å². The summed E-state index contributed by atoms with van der Waals surface area (Å²) in [4.78, 5) is 14.7. The second-order valence-electron chi connectivity index (χ2n) is 3.06. The molecule has 0 fully saturated rings. The van der Waals surface area contributed by atoms with Gasteiger partial charge >= 0.3 is 6.18 Å². The average molecular weight is 200 g/mol. The van der Waals surface area contributed by atoms with Crippen LogP contribution in [0.1, 0.15) is 13.8 Å². The molecule has 0 rings (SSSR count). The number of hydrogen-bond donors (Lipinski definition) is 2. The van der Waals surface area contributed by atoms with Crippen molar-refractivity contribution >= 4 is 5.91 Å². The van der Waals surface area contributed by atoms with Gasteiger partial charge in [-0.1, -0.05) is 0 Å². The van der Waals surface area contributed by atoms with Gasteiger partial charge in [0.05, 0.1) is 5.54 Å². The molecule has 0 aliphatic rings. The fraction of sp³-hybridized carbons (Fsp3) is 0.833. The Hall–Kier alpha value is -0.820. The summed E-state index contributed by atoms with van der Waals surface area (Å²) in [5.74, 6) is -0.809. The van der Waals surface area contributed by atoms with Crippen molar-refractivity contribution in [2.75, 3.05) is 6.61 Å². The zero-order chi connectivity index (χ0) is 10.7. The Balaban J connectivity index is 3.74. The monoisotopic (exact) mass is 200 g/mol. The number of alkyl halides is 3. The van der Waals surface area contributed by atoms with Crippen molar-refractivity contribution in [3.63, 3.8) is 0 Å². The van der Waals surface area contributed by atoms with E-state index in [-0.39, 0.29) is 0 Å². The van der Waals surface area contributed by atoms with Crippen LogP contribution < -0.4 is 11.2 Å². The number of hydroxylamine groups is 1. The van der Waals surface area contributed by atoms with Crippen LogP contribution in [0.25, 0.3) is 0 Å². The molecule has 0 spiro atoms. The van der Waals surface area contributed by atoms with Gasteiger partial charge < -0.3 is 5.73 Å². The molecule has 1 amide bonds. The SMILES string of the molecule is CC(C)(N)C(=O)NOCC(F)(F)F. The van der Waals surface area contributed by atoms with E-state index in [9.17, 15) is 18.0 Å². The maximum atomic E-state index is 11.5. The van der Waals surface area contributed by atoms with E-state index < -0.39 is 24.2 Å². The Morgan fingerprint density at radius 3 is 2.23 bits per heavy atom. The number of nitrogens with one attached hydrogen (secondary N) is 1. The first kappa shape index (κ1) is 12.2. The van der Waals surface area contributed by atoms with Crippen molar-refractivity contribution in [2.45, 2.75) is 25.6 Å². The fourth-order valence-electron chi connectivity index (χ4n) is 0.315. The van der Waals surface area contributed by atoms with E-state index in [2.05, 4.69) is 4.84 Å². The van der Waals surface area contributed by atoms with Gasteiger partial charge in [-0.05, 0) is 13.8 Å². The van der Waals surface area contributed by atoms with Crippen LogP contribution in [-0.4, -0.2) is 24.2 Å². The Kier molecular flexibility index (Phi) is 3.68. The van der Waals surface area contributed by atoms with E-state index in [1.807, 2.05) is 0 Å². The Labute approximate surface area is 73.2 Å². The highest BCUT2D eigenvalue weighted by Gasteiger charge is 2.29. The standard InChI is InChI=1S/C6H11F3N2O2/c1-5(2,10)4(12)11-13-3-6(7,8)9/h3,10H2,1-2H3,(H,11,12). The fourth-order valence-corrected chi connectivity index (χ4v) is 0.315. The van der Waals surface area contributed by atoms with E-state index in [0.29, 0.717) is 0 Å². The van der Waals surface area contributed by atoms with Crippen LogP contribution in [0, 0.1) is 0 Å². The van der Waals surface area contributed by atoms with Gasteiger partial charge in [-0.2, -0.15) is 13.2 Å². The molecule has 0 saturated carbocycles. The molecule has 13 heavy (non-hydrogen) atoms. The van der Waals surface area contributed by atoms with Gasteiger partial charge in [-0.15, -0.1) is 0 Å². The molecule has 0 unspecified atom stereocenters. The van der Waals surface area contributed by atoms with Gasteiger partial charge in [0.15, 0.2) is 6.61 Å². The van der Waals surface area contributed by atoms with E-state index in [0.717, 1.165) is 0 Å². The van der Waals surface area contributed by atoms with Gasteiger partial charge in [-0.3, -0.25) is 9.63 Å². The second kappa shape index (κ2) is 3.93. The van der Waals surface area contributed by atoms with E-state index >= 15 is 0 Å². The van der Waals surface area contributed by atoms with Crippen LogP contribution in [0.2, 0.25) is 0 Å². The summed E-state index contributed by atoms with van der Waals surface area (Å²) in [5.41, 5.74) is 5.59. The summed E-state index contributed by atoms with van der Waals surface area (Å²) in [6.45, 7) is 1.16. The van der Waals surface area contributed by atoms with Crippen molar-refractivity contribution < 1.29 is 22.8 Å². The molecular formula is C6H11F3N2O2. The number of rotatable bonds is 3. The Morgan fingerprint density at radius 1 is 1.46 bits per heavy atom. The number of hydrogen-bond acceptors (Lipinski definition) is 3. The van der Waals surface area contributed by atoms with Crippen molar-refractivity contribution in [1.82, 2.24) is 5.48 Å². The molecule has 7 heteroatoms. The lowest BCUT2D eigenvalue weighted by Gasteiger charge is -2.17. The smallest absolute Gasteiger partial charge is 0.318 e. The van der Waals surface area contributed by atoms with Gasteiger partial charge in [0.2, 0.25) is 0 Å². The number of carbonyl (C=O) groups excluding carboxylic acids is 1. The molecule has 3 N–H and O–H groups in total. The third-order valence-electron chi connectivity index (χ3n) is 0.986. The maximum absolute atomic E-state index is 11.5. The number of carbonyl (C=O) groups is 1. The van der Waals surface area contributed by atoms with E-state index in [1.54, 1.807) is 5.48 Å². The summed E-state index contributed by atoms with van der Waals surface area (Å²) < 4.78 is 34.5. The minimum atomic E-state index is -4.47. The molecule has 0 aliphatic carbocycles. The predicted octanol–water partition coefficient (Wildman–Crippen LogP) is 0.334. The number of halogens is 3. The summed E-state index contributed by atoms with van der Waals surface area (Å²) in [6.07, 6.45) is -4.47. The quantitative estimate of drug-likeness (QED) is 0.645. The molecule has 0 bridgehead atoms. The number of amides is 1. The van der Waals surface area contributed by atoms with Crippen molar-refractivity contribution in [1.29, 1.82) is 0 Å². The molecule has 0 atom stereocenters. The van der Waals surface area contributed by atoms with Crippen LogP contribution in [0.3, 0.4) is 0 Å². The molecule has 0 aliphatic heterocycles. The molecule has 4 nitrogen and oxygen atoms in total. The highest BCUT2D eigenvalue weighted by molar-refractivity contribution is 5.84. The molecule has 78 valence electrons. The summed E-state index contributed by atoms with van der Waals surface area (Å²) in [5, 5.41) is 0. The Bertz CT molecular complexity index is 185. The summed E-state index contributed by atoms with van der Waals surface area (Å²) in [7, 11) is 0. The highest BCUT2D eigenvalue weighted by Crippen LogP contribution is 2.13. The zero-order valence-electron chi connectivity index (χ0n) is 7.23. The Morgan fingerprint density at radius 2 is 1.92 bits per heavy atom. The molecule has 0 heterocycles. The van der Waals surface area contributed by atoms with Gasteiger partial charge in [-0.25, -0.2) is 5.48 Å². The zero-order valence-corrected chi connectivity index (χ0v) is 7.23. The molecule has 0 aromatic carbocycles. The van der Waals surface area contributed by atoms with Crippen LogP contribution in [0.15, 0.2) is 0 Å². The molecule has 0 radical (unpaired) electrons. The minimum Gasteiger partial charge on any atom is -0.318 e. The lowest BCUT2D eigenvalue weighted by Crippen LogP contribution is -2.49. The minimum absolute atomic E-state index is 0.809. The molecule has 0 saturated heterocycles. The first-order valence-electron chi connectivity index (χ1n) is 3.41. The predicted molar refractivity (Wildman–Crippen MR) is 38.4 cm³/mol. The van der Waals surface area contributed by atoms with Crippen LogP contribution in [0.4, 0.5) is 13.2 Å². The highest BCUT2D eigenvalue weighted by atomic mass is 19.4. The number of nitrogens with two attached hydrogens (primary N) is 1. The van der Waals surface area contributed by atoms with Crippen LogP contribution in [0.5, 0.6) is 0 Å². The van der Waals surface area contributed by atoms with Crippen molar-refractivity contribution in [3.8, 4) is 0 Å². The van der Waals surface area contributed by atoms with Crippen LogP contribution in [-0.2, 0) is 9.63 Å². The van der Waals surface area contributed by atoms with Gasteiger partial charge in [0, 0.05) is 0 Å². The van der Waals surface area contributed by atoms with Crippen LogP contribution >= 0.6 is 0 Å².